The molecule has 0 aliphatic heterocycles. The van der Waals surface area contributed by atoms with Crippen LogP contribution in [0.3, 0.4) is 0 Å². The van der Waals surface area contributed by atoms with E-state index in [0.29, 0.717) is 6.04 Å². The zero-order valence-electron chi connectivity index (χ0n) is 9.19. The van der Waals surface area contributed by atoms with Crippen LogP contribution >= 0.6 is 11.3 Å². The van der Waals surface area contributed by atoms with Crippen molar-refractivity contribution in [1.82, 2.24) is 4.98 Å². The molecule has 2 N–H and O–H groups in total. The first-order valence-electron chi connectivity index (χ1n) is 5.97. The van der Waals surface area contributed by atoms with E-state index in [1.807, 2.05) is 11.7 Å². The Morgan fingerprint density at radius 2 is 2.20 bits per heavy atom. The number of thiazole rings is 1. The number of hydrogen-bond donors (Lipinski definition) is 1. The summed E-state index contributed by atoms with van der Waals surface area (Å²) in [6.07, 6.45) is 11.2. The minimum atomic E-state index is 0.341. The molecule has 15 heavy (non-hydrogen) atoms. The van der Waals surface area contributed by atoms with E-state index >= 15 is 0 Å². The van der Waals surface area contributed by atoms with E-state index in [0.717, 1.165) is 12.3 Å². The molecule has 1 aliphatic rings. The predicted molar refractivity (Wildman–Crippen MR) is 65.0 cm³/mol. The number of hydrogen-bond acceptors (Lipinski definition) is 3. The van der Waals surface area contributed by atoms with Gasteiger partial charge in [0.25, 0.3) is 0 Å². The van der Waals surface area contributed by atoms with E-state index in [9.17, 15) is 0 Å². The Kier molecular flexibility index (Phi) is 4.15. The Bertz CT molecular complexity index is 265. The largest absolute Gasteiger partial charge is 0.327 e. The van der Waals surface area contributed by atoms with Crippen LogP contribution in [0.2, 0.25) is 0 Å². The molecule has 1 aromatic rings. The molecule has 1 fully saturated rings. The standard InChI is InChI=1S/C12H20N2S/c13-11(7-12-8-14-9-15-12)6-10-4-2-1-3-5-10/h8-11H,1-7,13H2. The fourth-order valence-corrected chi connectivity index (χ4v) is 3.22. The maximum absolute atomic E-state index is 6.17. The van der Waals surface area contributed by atoms with Gasteiger partial charge in [-0.2, -0.15) is 0 Å². The van der Waals surface area contributed by atoms with Gasteiger partial charge in [-0.3, -0.25) is 4.98 Å². The third kappa shape index (κ3) is 3.58. The third-order valence-electron chi connectivity index (χ3n) is 3.31. The van der Waals surface area contributed by atoms with Crippen molar-refractivity contribution in [2.45, 2.75) is 51.0 Å². The predicted octanol–water partition coefficient (Wildman–Crippen LogP) is 2.98. The van der Waals surface area contributed by atoms with Crippen LogP contribution in [0.5, 0.6) is 0 Å². The van der Waals surface area contributed by atoms with Crippen LogP contribution in [0.1, 0.15) is 43.4 Å². The van der Waals surface area contributed by atoms with Crippen LogP contribution < -0.4 is 5.73 Å². The lowest BCUT2D eigenvalue weighted by atomic mass is 9.84. The van der Waals surface area contributed by atoms with Crippen molar-refractivity contribution >= 4 is 11.3 Å². The summed E-state index contributed by atoms with van der Waals surface area (Å²) >= 11 is 1.72. The van der Waals surface area contributed by atoms with Crippen molar-refractivity contribution in [3.8, 4) is 0 Å². The summed E-state index contributed by atoms with van der Waals surface area (Å²) in [5.41, 5.74) is 8.07. The highest BCUT2D eigenvalue weighted by Gasteiger charge is 2.17. The molecule has 1 heterocycles. The van der Waals surface area contributed by atoms with Crippen molar-refractivity contribution in [3.63, 3.8) is 0 Å². The first kappa shape index (κ1) is 11.1. The zero-order chi connectivity index (χ0) is 10.5. The average molecular weight is 224 g/mol. The minimum absolute atomic E-state index is 0.341. The minimum Gasteiger partial charge on any atom is -0.327 e. The van der Waals surface area contributed by atoms with E-state index in [1.165, 1.54) is 43.4 Å². The lowest BCUT2D eigenvalue weighted by molar-refractivity contribution is 0.317. The van der Waals surface area contributed by atoms with Gasteiger partial charge in [0, 0.05) is 17.1 Å². The molecule has 0 aromatic carbocycles. The summed E-state index contributed by atoms with van der Waals surface area (Å²) in [5, 5.41) is 0. The van der Waals surface area contributed by atoms with Crippen LogP contribution in [0.25, 0.3) is 0 Å². The molecule has 0 bridgehead atoms. The lowest BCUT2D eigenvalue weighted by Gasteiger charge is -2.24. The molecule has 2 rings (SSSR count). The number of aromatic nitrogens is 1. The SMILES string of the molecule is NC(Cc1cncs1)CC1CCCCC1. The average Bonchev–Trinajstić information content (AvgIpc) is 2.71. The Balaban J connectivity index is 1.74. The molecule has 2 nitrogen and oxygen atoms in total. The Labute approximate surface area is 95.9 Å². The highest BCUT2D eigenvalue weighted by atomic mass is 32.1. The van der Waals surface area contributed by atoms with Crippen molar-refractivity contribution in [2.24, 2.45) is 11.7 Å². The molecule has 0 amide bonds. The van der Waals surface area contributed by atoms with Crippen LogP contribution in [0, 0.1) is 5.92 Å². The zero-order valence-corrected chi connectivity index (χ0v) is 10.0. The van der Waals surface area contributed by atoms with E-state index in [4.69, 9.17) is 5.73 Å². The quantitative estimate of drug-likeness (QED) is 0.854. The van der Waals surface area contributed by atoms with Crippen molar-refractivity contribution in [3.05, 3.63) is 16.6 Å². The molecular formula is C12H20N2S. The molecule has 1 unspecified atom stereocenters. The van der Waals surface area contributed by atoms with E-state index in [1.54, 1.807) is 11.3 Å². The van der Waals surface area contributed by atoms with Crippen molar-refractivity contribution in [2.75, 3.05) is 0 Å². The third-order valence-corrected chi connectivity index (χ3v) is 4.11. The Morgan fingerprint density at radius 1 is 1.40 bits per heavy atom. The maximum Gasteiger partial charge on any atom is 0.0794 e. The Morgan fingerprint density at radius 3 is 2.87 bits per heavy atom. The van der Waals surface area contributed by atoms with Crippen molar-refractivity contribution in [1.29, 1.82) is 0 Å². The van der Waals surface area contributed by atoms with E-state index in [2.05, 4.69) is 4.98 Å². The fourth-order valence-electron chi connectivity index (χ4n) is 2.54. The Hall–Kier alpha value is -0.410. The normalized spacial score (nSPS) is 20.3. The van der Waals surface area contributed by atoms with Gasteiger partial charge in [-0.05, 0) is 18.8 Å². The molecule has 84 valence electrons. The molecule has 1 aromatic heterocycles. The van der Waals surface area contributed by atoms with Crippen LogP contribution in [0.4, 0.5) is 0 Å². The summed E-state index contributed by atoms with van der Waals surface area (Å²) in [7, 11) is 0. The van der Waals surface area contributed by atoms with Gasteiger partial charge in [0.05, 0.1) is 5.51 Å². The van der Waals surface area contributed by atoms with Gasteiger partial charge in [0.15, 0.2) is 0 Å². The monoisotopic (exact) mass is 224 g/mol. The van der Waals surface area contributed by atoms with Gasteiger partial charge < -0.3 is 5.73 Å². The van der Waals surface area contributed by atoms with Gasteiger partial charge in [0.1, 0.15) is 0 Å². The second kappa shape index (κ2) is 5.61. The number of nitrogens with zero attached hydrogens (tertiary/aromatic N) is 1. The van der Waals surface area contributed by atoms with Gasteiger partial charge in [0.2, 0.25) is 0 Å². The molecular weight excluding hydrogens is 204 g/mol. The van der Waals surface area contributed by atoms with Gasteiger partial charge in [-0.1, -0.05) is 32.1 Å². The molecule has 0 saturated heterocycles. The van der Waals surface area contributed by atoms with Gasteiger partial charge in [-0.15, -0.1) is 11.3 Å². The highest BCUT2D eigenvalue weighted by molar-refractivity contribution is 7.09. The first-order chi connectivity index (χ1) is 7.34. The summed E-state index contributed by atoms with van der Waals surface area (Å²) in [5.74, 6) is 0.890. The van der Waals surface area contributed by atoms with E-state index in [-0.39, 0.29) is 0 Å². The van der Waals surface area contributed by atoms with Gasteiger partial charge >= 0.3 is 0 Å². The second-order valence-corrected chi connectivity index (χ2v) is 5.64. The van der Waals surface area contributed by atoms with Crippen LogP contribution in [0.15, 0.2) is 11.7 Å². The maximum atomic E-state index is 6.17. The van der Waals surface area contributed by atoms with E-state index < -0.39 is 0 Å². The molecule has 0 spiro atoms. The summed E-state index contributed by atoms with van der Waals surface area (Å²) in [4.78, 5) is 5.42. The molecule has 1 aliphatic carbocycles. The summed E-state index contributed by atoms with van der Waals surface area (Å²) in [6.45, 7) is 0. The number of nitrogens with two attached hydrogens (primary N) is 1. The highest BCUT2D eigenvalue weighted by Crippen LogP contribution is 2.27. The number of rotatable bonds is 4. The molecule has 0 radical (unpaired) electrons. The summed E-state index contributed by atoms with van der Waals surface area (Å²) < 4.78 is 0. The fraction of sp³-hybridized carbons (Fsp3) is 0.750. The molecule has 3 heteroatoms. The molecule has 1 saturated carbocycles. The lowest BCUT2D eigenvalue weighted by Crippen LogP contribution is -2.26. The smallest absolute Gasteiger partial charge is 0.0794 e. The van der Waals surface area contributed by atoms with Crippen LogP contribution in [-0.4, -0.2) is 11.0 Å². The van der Waals surface area contributed by atoms with Gasteiger partial charge in [-0.25, -0.2) is 0 Å². The topological polar surface area (TPSA) is 38.9 Å². The first-order valence-corrected chi connectivity index (χ1v) is 6.85. The molecule has 1 atom stereocenters. The van der Waals surface area contributed by atoms with Crippen molar-refractivity contribution < 1.29 is 0 Å². The van der Waals surface area contributed by atoms with Crippen LogP contribution in [-0.2, 0) is 6.42 Å². The summed E-state index contributed by atoms with van der Waals surface area (Å²) in [6, 6.07) is 0.341. The second-order valence-electron chi connectivity index (χ2n) is 4.67.